The SMILES string of the molecule is CNC(=O)C(=O)CCC(NC(=O)c1[nH]c2ccccc2c1C)C(=O)Nc1cccn(CC(=O)NC2C(C)CC3CCCC2C3)c1=O. The highest BCUT2D eigenvalue weighted by Crippen LogP contribution is 2.42. The molecule has 3 aromatic rings. The maximum atomic E-state index is 13.5. The van der Waals surface area contributed by atoms with Crippen molar-refractivity contribution >= 4 is 46.0 Å². The third kappa shape index (κ3) is 7.21. The summed E-state index contributed by atoms with van der Waals surface area (Å²) in [7, 11) is 1.33. The lowest BCUT2D eigenvalue weighted by molar-refractivity contribution is -0.137. The largest absolute Gasteiger partial charge is 0.353 e. The Hall–Kier alpha value is -4.74. The van der Waals surface area contributed by atoms with Gasteiger partial charge in [0.25, 0.3) is 17.4 Å². The molecule has 5 atom stereocenters. The predicted octanol–water partition coefficient (Wildman–Crippen LogP) is 2.80. The fraction of sp³-hybridized carbons (Fsp3) is 0.471. The summed E-state index contributed by atoms with van der Waals surface area (Å²) in [5, 5.41) is 11.5. The van der Waals surface area contributed by atoms with Gasteiger partial charge in [0.2, 0.25) is 17.6 Å². The van der Waals surface area contributed by atoms with Crippen LogP contribution in [0.3, 0.4) is 0 Å². The van der Waals surface area contributed by atoms with E-state index in [-0.39, 0.29) is 42.7 Å². The van der Waals surface area contributed by atoms with Gasteiger partial charge in [0, 0.05) is 36.6 Å². The zero-order chi connectivity index (χ0) is 33.0. The first-order chi connectivity index (χ1) is 22.0. The number of carbonyl (C=O) groups is 5. The van der Waals surface area contributed by atoms with Crippen molar-refractivity contribution in [1.29, 1.82) is 0 Å². The van der Waals surface area contributed by atoms with Crippen LogP contribution in [-0.2, 0) is 25.7 Å². The number of aryl methyl sites for hydroxylation is 1. The number of nitrogens with zero attached hydrogens (tertiary/aromatic N) is 1. The first kappa shape index (κ1) is 32.6. The molecule has 12 nitrogen and oxygen atoms in total. The summed E-state index contributed by atoms with van der Waals surface area (Å²) >= 11 is 0. The summed E-state index contributed by atoms with van der Waals surface area (Å²) in [5.74, 6) is -1.61. The molecule has 4 amide bonds. The average molecular weight is 631 g/mol. The van der Waals surface area contributed by atoms with Crippen molar-refractivity contribution in [1.82, 2.24) is 25.5 Å². The third-order valence-corrected chi connectivity index (χ3v) is 9.52. The van der Waals surface area contributed by atoms with E-state index in [4.69, 9.17) is 0 Å². The second-order valence-corrected chi connectivity index (χ2v) is 12.7. The molecule has 2 aliphatic carbocycles. The minimum absolute atomic E-state index is 0.0745. The molecule has 0 aliphatic heterocycles. The molecular weight excluding hydrogens is 588 g/mol. The van der Waals surface area contributed by atoms with Gasteiger partial charge in [-0.3, -0.25) is 28.8 Å². The predicted molar refractivity (Wildman–Crippen MR) is 173 cm³/mol. The van der Waals surface area contributed by atoms with Crippen LogP contribution in [0.4, 0.5) is 5.69 Å². The number of Topliss-reactive ketones (excluding diaryl/α,β-unsaturated/α-hetero) is 1. The van der Waals surface area contributed by atoms with Crippen molar-refractivity contribution in [2.24, 2.45) is 17.8 Å². The summed E-state index contributed by atoms with van der Waals surface area (Å²) in [5.41, 5.74) is 1.01. The fourth-order valence-corrected chi connectivity index (χ4v) is 7.17. The van der Waals surface area contributed by atoms with Crippen molar-refractivity contribution in [3.8, 4) is 0 Å². The first-order valence-electron chi connectivity index (χ1n) is 16.0. The number of H-pyrrole nitrogens is 1. The van der Waals surface area contributed by atoms with Crippen molar-refractivity contribution < 1.29 is 24.0 Å². The van der Waals surface area contributed by atoms with E-state index in [0.29, 0.717) is 17.4 Å². The Morgan fingerprint density at radius 3 is 2.59 bits per heavy atom. The normalized spacial score (nSPS) is 21.2. The Morgan fingerprint density at radius 2 is 1.83 bits per heavy atom. The number of rotatable bonds is 11. The van der Waals surface area contributed by atoms with E-state index in [1.807, 2.05) is 24.3 Å². The van der Waals surface area contributed by atoms with Gasteiger partial charge < -0.3 is 30.8 Å². The standard InChI is InChI=1S/C34H42N6O6/c1-19-16-21-8-6-9-22(17-21)29(19)39-28(42)18-40-15-7-12-26(34(40)46)38-31(43)25(13-14-27(41)32(44)35-3)37-33(45)30-20(2)23-10-4-5-11-24(23)36-30/h4-5,7,10-12,15,19,21-22,25,29,36H,6,8-9,13-14,16-18H2,1-3H3,(H,35,44)(H,37,45)(H,38,43)(H,39,42). The van der Waals surface area contributed by atoms with E-state index in [2.05, 4.69) is 33.2 Å². The number of hydrogen-bond acceptors (Lipinski definition) is 6. The van der Waals surface area contributed by atoms with E-state index >= 15 is 0 Å². The Morgan fingerprint density at radius 1 is 1.04 bits per heavy atom. The molecule has 5 N–H and O–H groups in total. The summed E-state index contributed by atoms with van der Waals surface area (Å²) in [6.45, 7) is 3.75. The van der Waals surface area contributed by atoms with E-state index in [9.17, 15) is 28.8 Å². The Balaban J connectivity index is 1.29. The molecule has 2 fully saturated rings. The van der Waals surface area contributed by atoms with Gasteiger partial charge in [0.1, 0.15) is 24.0 Å². The Labute approximate surface area is 267 Å². The highest BCUT2D eigenvalue weighted by atomic mass is 16.2. The number of aromatic nitrogens is 2. The van der Waals surface area contributed by atoms with Crippen molar-refractivity contribution in [3.63, 3.8) is 0 Å². The van der Waals surface area contributed by atoms with Crippen molar-refractivity contribution in [2.45, 2.75) is 77.4 Å². The number of anilines is 1. The number of carbonyl (C=O) groups excluding carboxylic acids is 5. The number of ketones is 1. The number of likely N-dealkylation sites (N-methyl/N-ethyl adjacent to an activating group) is 1. The van der Waals surface area contributed by atoms with E-state index in [0.717, 1.165) is 36.1 Å². The molecule has 2 bridgehead atoms. The topological polar surface area (TPSA) is 171 Å². The van der Waals surface area contributed by atoms with Gasteiger partial charge in [0.15, 0.2) is 0 Å². The van der Waals surface area contributed by atoms with Gasteiger partial charge in [-0.05, 0) is 74.1 Å². The van der Waals surface area contributed by atoms with Crippen molar-refractivity contribution in [2.75, 3.05) is 12.4 Å². The molecule has 0 spiro atoms. The minimum Gasteiger partial charge on any atom is -0.353 e. The van der Waals surface area contributed by atoms with Gasteiger partial charge in [-0.15, -0.1) is 0 Å². The van der Waals surface area contributed by atoms with Crippen LogP contribution in [0.1, 0.15) is 67.9 Å². The second kappa shape index (κ2) is 14.1. The highest BCUT2D eigenvalue weighted by Gasteiger charge is 2.38. The van der Waals surface area contributed by atoms with Crippen LogP contribution in [0, 0.1) is 24.7 Å². The summed E-state index contributed by atoms with van der Waals surface area (Å²) in [4.78, 5) is 80.4. The van der Waals surface area contributed by atoms with Crippen LogP contribution < -0.4 is 26.8 Å². The maximum absolute atomic E-state index is 13.5. The van der Waals surface area contributed by atoms with Crippen LogP contribution in [-0.4, -0.2) is 58.1 Å². The molecular formula is C34H42N6O6. The van der Waals surface area contributed by atoms with Crippen LogP contribution in [0.25, 0.3) is 10.9 Å². The number of amides is 4. The molecule has 5 rings (SSSR count). The van der Waals surface area contributed by atoms with Gasteiger partial charge >= 0.3 is 0 Å². The van der Waals surface area contributed by atoms with Crippen molar-refractivity contribution in [3.05, 3.63) is 64.2 Å². The van der Waals surface area contributed by atoms with Gasteiger partial charge in [-0.2, -0.15) is 0 Å². The third-order valence-electron chi connectivity index (χ3n) is 9.52. The van der Waals surface area contributed by atoms with E-state index in [1.54, 1.807) is 13.0 Å². The molecule has 2 heterocycles. The minimum atomic E-state index is -1.25. The molecule has 2 aromatic heterocycles. The molecule has 0 radical (unpaired) electrons. The lowest BCUT2D eigenvalue weighted by Crippen LogP contribution is -2.50. The van der Waals surface area contributed by atoms with Gasteiger partial charge in [-0.1, -0.05) is 38.0 Å². The zero-order valence-corrected chi connectivity index (χ0v) is 26.5. The molecule has 1 aromatic carbocycles. The van der Waals surface area contributed by atoms with Gasteiger partial charge in [-0.25, -0.2) is 0 Å². The number of pyridine rings is 1. The number of para-hydroxylation sites is 1. The number of aromatic amines is 1. The Kier molecular flexibility index (Phi) is 10.0. The number of nitrogens with one attached hydrogen (secondary N) is 5. The van der Waals surface area contributed by atoms with E-state index < -0.39 is 35.1 Å². The van der Waals surface area contributed by atoms with Crippen LogP contribution in [0.5, 0.6) is 0 Å². The molecule has 244 valence electrons. The maximum Gasteiger partial charge on any atom is 0.287 e. The second-order valence-electron chi connectivity index (χ2n) is 12.7. The highest BCUT2D eigenvalue weighted by molar-refractivity contribution is 6.36. The average Bonchev–Trinajstić information content (AvgIpc) is 3.38. The monoisotopic (exact) mass is 630 g/mol. The Bertz CT molecular complexity index is 1710. The summed E-state index contributed by atoms with van der Waals surface area (Å²) in [6, 6.07) is 9.16. The first-order valence-corrected chi connectivity index (χ1v) is 16.0. The lowest BCUT2D eigenvalue weighted by Gasteiger charge is -2.44. The van der Waals surface area contributed by atoms with Gasteiger partial charge in [0.05, 0.1) is 0 Å². The van der Waals surface area contributed by atoms with Crippen LogP contribution in [0.2, 0.25) is 0 Å². The molecule has 2 aliphatic rings. The van der Waals surface area contributed by atoms with E-state index in [1.165, 1.54) is 36.7 Å². The molecule has 12 heteroatoms. The number of fused-ring (bicyclic) bond motifs is 3. The zero-order valence-electron chi connectivity index (χ0n) is 26.5. The number of benzene rings is 1. The number of hydrogen-bond donors (Lipinski definition) is 5. The van der Waals surface area contributed by atoms with Crippen LogP contribution in [0.15, 0.2) is 47.4 Å². The fourth-order valence-electron chi connectivity index (χ4n) is 7.17. The van der Waals surface area contributed by atoms with Crippen LogP contribution >= 0.6 is 0 Å². The summed E-state index contributed by atoms with van der Waals surface area (Å²) in [6.07, 6.45) is 6.74. The molecule has 46 heavy (non-hydrogen) atoms. The molecule has 0 saturated heterocycles. The molecule has 5 unspecified atom stereocenters. The quantitative estimate of drug-likeness (QED) is 0.204. The summed E-state index contributed by atoms with van der Waals surface area (Å²) < 4.78 is 1.23. The lowest BCUT2D eigenvalue weighted by atomic mass is 9.65. The smallest absolute Gasteiger partial charge is 0.287 e. The molecule has 2 saturated carbocycles.